The second kappa shape index (κ2) is 6.26. The predicted octanol–water partition coefficient (Wildman–Crippen LogP) is 4.11. The summed E-state index contributed by atoms with van der Waals surface area (Å²) in [5, 5.41) is 4.04. The van der Waals surface area contributed by atoms with Gasteiger partial charge in [-0.05, 0) is 36.8 Å². The number of benzene rings is 1. The van der Waals surface area contributed by atoms with E-state index in [9.17, 15) is 13.2 Å². The van der Waals surface area contributed by atoms with Crippen LogP contribution < -0.4 is 4.74 Å². The van der Waals surface area contributed by atoms with Gasteiger partial charge in [0.05, 0.1) is 11.9 Å². The molecule has 2 aromatic rings. The molecular weight excluding hydrogens is 257 g/mol. The number of nitrogens with zero attached hydrogens (tertiary/aromatic N) is 2. The molecule has 0 aliphatic carbocycles. The smallest absolute Gasteiger partial charge is 0.406 e. The highest BCUT2D eigenvalue weighted by atomic mass is 19.4. The molecule has 0 spiro atoms. The largest absolute Gasteiger partial charge is 0.573 e. The summed E-state index contributed by atoms with van der Waals surface area (Å²) in [6, 6.07) is 5.51. The first kappa shape index (κ1) is 15.1. The van der Waals surface area contributed by atoms with Gasteiger partial charge in [0.15, 0.2) is 0 Å². The number of rotatable bonds is 2. The minimum Gasteiger partial charge on any atom is -0.406 e. The normalized spacial score (nSPS) is 10.6. The van der Waals surface area contributed by atoms with Crippen LogP contribution in [0.5, 0.6) is 5.75 Å². The quantitative estimate of drug-likeness (QED) is 0.822. The van der Waals surface area contributed by atoms with Crippen molar-refractivity contribution in [2.45, 2.75) is 27.1 Å². The maximum atomic E-state index is 11.9. The van der Waals surface area contributed by atoms with Crippen molar-refractivity contribution in [1.82, 2.24) is 9.78 Å². The molecule has 0 atom stereocenters. The Morgan fingerprint density at radius 3 is 2.11 bits per heavy atom. The van der Waals surface area contributed by atoms with Crippen molar-refractivity contribution in [3.8, 4) is 11.4 Å². The molecule has 0 amide bonds. The fourth-order valence-electron chi connectivity index (χ4n) is 1.35. The zero-order valence-electron chi connectivity index (χ0n) is 10.9. The summed E-state index contributed by atoms with van der Waals surface area (Å²) < 4.78 is 41.1. The highest BCUT2D eigenvalue weighted by Gasteiger charge is 2.30. The Bertz CT molecular complexity index is 503. The fourth-order valence-corrected chi connectivity index (χ4v) is 1.35. The minimum atomic E-state index is -4.66. The fraction of sp³-hybridized carbons (Fsp3) is 0.308. The van der Waals surface area contributed by atoms with Crippen molar-refractivity contribution < 1.29 is 17.9 Å². The Balaban J connectivity index is 0.000000861. The minimum absolute atomic E-state index is 0.245. The Hall–Kier alpha value is -1.98. The van der Waals surface area contributed by atoms with Crippen LogP contribution in [0.3, 0.4) is 0 Å². The van der Waals surface area contributed by atoms with E-state index in [2.05, 4.69) is 9.84 Å². The molecule has 1 heterocycles. The molecule has 0 radical (unpaired) electrons. The van der Waals surface area contributed by atoms with Crippen LogP contribution in [0.25, 0.3) is 5.69 Å². The Kier molecular flexibility index (Phi) is 4.97. The summed E-state index contributed by atoms with van der Waals surface area (Å²) in [6.07, 6.45) is -1.22. The molecule has 104 valence electrons. The third-order valence-corrected chi connectivity index (χ3v) is 2.05. The molecule has 2 rings (SSSR count). The lowest BCUT2D eigenvalue weighted by Gasteiger charge is -2.09. The van der Waals surface area contributed by atoms with Crippen LogP contribution >= 0.6 is 0 Å². The van der Waals surface area contributed by atoms with E-state index in [1.807, 2.05) is 20.8 Å². The molecule has 0 saturated carbocycles. The van der Waals surface area contributed by atoms with Crippen molar-refractivity contribution in [2.75, 3.05) is 0 Å². The SMILES string of the molecule is CC.Cc1cnn(-c2ccc(OC(F)(F)F)cc2)c1. The van der Waals surface area contributed by atoms with Crippen molar-refractivity contribution in [1.29, 1.82) is 0 Å². The van der Waals surface area contributed by atoms with E-state index in [-0.39, 0.29) is 5.75 Å². The van der Waals surface area contributed by atoms with Crippen molar-refractivity contribution >= 4 is 0 Å². The van der Waals surface area contributed by atoms with Crippen molar-refractivity contribution in [3.05, 3.63) is 42.2 Å². The number of aryl methyl sites for hydroxylation is 1. The van der Waals surface area contributed by atoms with Gasteiger partial charge >= 0.3 is 6.36 Å². The van der Waals surface area contributed by atoms with Crippen LogP contribution in [0.1, 0.15) is 19.4 Å². The number of hydrogen-bond acceptors (Lipinski definition) is 2. The molecule has 1 aromatic heterocycles. The van der Waals surface area contributed by atoms with E-state index in [4.69, 9.17) is 0 Å². The van der Waals surface area contributed by atoms with Gasteiger partial charge < -0.3 is 4.74 Å². The summed E-state index contributed by atoms with van der Waals surface area (Å²) >= 11 is 0. The van der Waals surface area contributed by atoms with Gasteiger partial charge in [0.25, 0.3) is 0 Å². The van der Waals surface area contributed by atoms with Gasteiger partial charge in [0.2, 0.25) is 0 Å². The third kappa shape index (κ3) is 4.65. The molecule has 0 fully saturated rings. The second-order valence-electron chi connectivity index (χ2n) is 3.50. The molecule has 0 saturated heterocycles. The van der Waals surface area contributed by atoms with Crippen LogP contribution in [0, 0.1) is 6.92 Å². The van der Waals surface area contributed by atoms with Gasteiger partial charge in [-0.1, -0.05) is 13.8 Å². The maximum absolute atomic E-state index is 11.9. The molecule has 19 heavy (non-hydrogen) atoms. The topological polar surface area (TPSA) is 27.1 Å². The van der Waals surface area contributed by atoms with Crippen LogP contribution in [0.2, 0.25) is 0 Å². The molecule has 1 aromatic carbocycles. The first-order valence-corrected chi connectivity index (χ1v) is 5.81. The first-order chi connectivity index (χ1) is 8.94. The summed E-state index contributed by atoms with van der Waals surface area (Å²) in [6.45, 7) is 5.88. The molecule has 0 N–H and O–H groups in total. The third-order valence-electron chi connectivity index (χ3n) is 2.05. The predicted molar refractivity (Wildman–Crippen MR) is 66.3 cm³/mol. The first-order valence-electron chi connectivity index (χ1n) is 5.81. The van der Waals surface area contributed by atoms with Crippen LogP contribution in [-0.4, -0.2) is 16.1 Å². The van der Waals surface area contributed by atoms with Crippen molar-refractivity contribution in [3.63, 3.8) is 0 Å². The van der Waals surface area contributed by atoms with Crippen LogP contribution in [-0.2, 0) is 0 Å². The van der Waals surface area contributed by atoms with Gasteiger partial charge in [-0.25, -0.2) is 4.68 Å². The lowest BCUT2D eigenvalue weighted by Crippen LogP contribution is -2.17. The van der Waals surface area contributed by atoms with E-state index < -0.39 is 6.36 Å². The van der Waals surface area contributed by atoms with E-state index in [1.54, 1.807) is 17.1 Å². The molecular formula is C13H15F3N2O. The Labute approximate surface area is 109 Å². The molecule has 0 aliphatic heterocycles. The van der Waals surface area contributed by atoms with E-state index in [0.717, 1.165) is 5.56 Å². The number of ether oxygens (including phenoxy) is 1. The lowest BCUT2D eigenvalue weighted by atomic mass is 10.3. The molecule has 0 aliphatic rings. The molecule has 3 nitrogen and oxygen atoms in total. The van der Waals surface area contributed by atoms with Gasteiger partial charge in [0.1, 0.15) is 5.75 Å². The van der Waals surface area contributed by atoms with Gasteiger partial charge in [-0.2, -0.15) is 5.10 Å². The maximum Gasteiger partial charge on any atom is 0.573 e. The highest BCUT2D eigenvalue weighted by Crippen LogP contribution is 2.23. The highest BCUT2D eigenvalue weighted by molar-refractivity contribution is 5.37. The monoisotopic (exact) mass is 272 g/mol. The zero-order chi connectivity index (χ0) is 14.5. The van der Waals surface area contributed by atoms with E-state index >= 15 is 0 Å². The van der Waals surface area contributed by atoms with Crippen molar-refractivity contribution in [2.24, 2.45) is 0 Å². The average molecular weight is 272 g/mol. The number of hydrogen-bond donors (Lipinski definition) is 0. The summed E-state index contributed by atoms with van der Waals surface area (Å²) in [5.74, 6) is -0.245. The van der Waals surface area contributed by atoms with Gasteiger partial charge in [0, 0.05) is 6.20 Å². The van der Waals surface area contributed by atoms with Crippen LogP contribution in [0.4, 0.5) is 13.2 Å². The summed E-state index contributed by atoms with van der Waals surface area (Å²) in [4.78, 5) is 0. The number of alkyl halides is 3. The lowest BCUT2D eigenvalue weighted by molar-refractivity contribution is -0.274. The molecule has 0 bridgehead atoms. The van der Waals surface area contributed by atoms with Gasteiger partial charge in [-0.15, -0.1) is 13.2 Å². The standard InChI is InChI=1S/C11H9F3N2O.C2H6/c1-8-6-15-16(7-8)9-2-4-10(5-3-9)17-11(12,13)14;1-2/h2-7H,1H3;1-2H3. The summed E-state index contributed by atoms with van der Waals surface area (Å²) in [7, 11) is 0. The average Bonchev–Trinajstić information content (AvgIpc) is 2.77. The van der Waals surface area contributed by atoms with E-state index in [0.29, 0.717) is 5.69 Å². The Morgan fingerprint density at radius 1 is 1.11 bits per heavy atom. The van der Waals surface area contributed by atoms with E-state index in [1.165, 1.54) is 24.3 Å². The second-order valence-corrected chi connectivity index (χ2v) is 3.50. The molecule has 0 unspecified atom stereocenters. The number of aromatic nitrogens is 2. The zero-order valence-corrected chi connectivity index (χ0v) is 10.9. The summed E-state index contributed by atoms with van der Waals surface area (Å²) in [5.41, 5.74) is 1.65. The molecule has 6 heteroatoms. The van der Waals surface area contributed by atoms with Gasteiger partial charge in [-0.3, -0.25) is 0 Å². The van der Waals surface area contributed by atoms with Crippen LogP contribution in [0.15, 0.2) is 36.7 Å². The number of halogens is 3. The Morgan fingerprint density at radius 2 is 1.68 bits per heavy atom.